The van der Waals surface area contributed by atoms with E-state index < -0.39 is 29.5 Å². The van der Waals surface area contributed by atoms with E-state index in [9.17, 15) is 24.5 Å². The number of nitro benzene ring substituents is 1. The highest BCUT2D eigenvalue weighted by Gasteiger charge is 2.20. The third-order valence-corrected chi connectivity index (χ3v) is 4.36. The number of hydrogen-bond acceptors (Lipinski definition) is 7. The van der Waals surface area contributed by atoms with E-state index in [-0.39, 0.29) is 22.6 Å². The number of nitrogens with one attached hydrogen (secondary N) is 1. The summed E-state index contributed by atoms with van der Waals surface area (Å²) < 4.78 is 9.94. The summed E-state index contributed by atoms with van der Waals surface area (Å²) in [5.74, 6) is -1.46. The van der Waals surface area contributed by atoms with Gasteiger partial charge in [0.15, 0.2) is 6.61 Å². The molecule has 11 heteroatoms. The van der Waals surface area contributed by atoms with Crippen molar-refractivity contribution in [1.29, 1.82) is 0 Å². The number of hydrogen-bond donors (Lipinski definition) is 1. The molecule has 1 N–H and O–H groups in total. The summed E-state index contributed by atoms with van der Waals surface area (Å²) in [6.45, 7) is -0.599. The second-order valence-corrected chi connectivity index (χ2v) is 6.45. The first-order valence-corrected chi connectivity index (χ1v) is 8.85. The van der Waals surface area contributed by atoms with Crippen molar-refractivity contribution in [2.24, 2.45) is 0 Å². The average Bonchev–Trinajstić information content (AvgIpc) is 2.72. The maximum atomic E-state index is 12.4. The average molecular weight is 466 g/mol. The summed E-state index contributed by atoms with van der Waals surface area (Å²) in [6.07, 6.45) is -0.675. The number of methoxy groups -OCH3 is 1. The number of carbonyl (C=O) groups excluding carboxylic acids is 3. The van der Waals surface area contributed by atoms with Gasteiger partial charge in [-0.2, -0.15) is 0 Å². The van der Waals surface area contributed by atoms with Crippen LogP contribution in [-0.4, -0.2) is 43.7 Å². The van der Waals surface area contributed by atoms with Crippen LogP contribution in [-0.2, 0) is 14.3 Å². The number of nitro groups is 1. The van der Waals surface area contributed by atoms with Crippen LogP contribution in [0.4, 0.5) is 21.9 Å². The number of anilines is 2. The SMILES string of the molecule is COC(=O)N(C)c1ccccc1C(=O)OCC(=O)Nc1ccc([N+](=O)[O-])cc1Br. The Balaban J connectivity index is 2.04. The second kappa shape index (κ2) is 9.64. The minimum Gasteiger partial charge on any atom is -0.452 e. The number of esters is 1. The first-order chi connectivity index (χ1) is 13.7. The molecule has 2 aromatic carbocycles. The Morgan fingerprint density at radius 1 is 1.21 bits per heavy atom. The lowest BCUT2D eigenvalue weighted by molar-refractivity contribution is -0.384. The first-order valence-electron chi connectivity index (χ1n) is 8.06. The lowest BCUT2D eigenvalue weighted by atomic mass is 10.1. The Kier molecular flexibility index (Phi) is 7.26. The van der Waals surface area contributed by atoms with E-state index >= 15 is 0 Å². The summed E-state index contributed by atoms with van der Waals surface area (Å²) in [7, 11) is 2.64. The Morgan fingerprint density at radius 3 is 2.52 bits per heavy atom. The van der Waals surface area contributed by atoms with Crippen LogP contribution in [0.25, 0.3) is 0 Å². The van der Waals surface area contributed by atoms with Crippen molar-refractivity contribution in [1.82, 2.24) is 0 Å². The molecule has 0 saturated heterocycles. The molecule has 0 saturated carbocycles. The Morgan fingerprint density at radius 2 is 1.90 bits per heavy atom. The van der Waals surface area contributed by atoms with Gasteiger partial charge in [-0.15, -0.1) is 0 Å². The highest BCUT2D eigenvalue weighted by Crippen LogP contribution is 2.27. The molecule has 0 bridgehead atoms. The quantitative estimate of drug-likeness (QED) is 0.393. The fourth-order valence-corrected chi connectivity index (χ4v) is 2.75. The first kappa shape index (κ1) is 21.8. The summed E-state index contributed by atoms with van der Waals surface area (Å²) in [5, 5.41) is 13.2. The number of carbonyl (C=O) groups is 3. The summed E-state index contributed by atoms with van der Waals surface area (Å²) >= 11 is 3.13. The van der Waals surface area contributed by atoms with E-state index in [1.165, 1.54) is 44.5 Å². The molecule has 0 unspecified atom stereocenters. The highest BCUT2D eigenvalue weighted by molar-refractivity contribution is 9.10. The molecule has 0 aliphatic carbocycles. The van der Waals surface area contributed by atoms with Crippen LogP contribution in [0.15, 0.2) is 46.9 Å². The second-order valence-electron chi connectivity index (χ2n) is 5.59. The Hall–Kier alpha value is -3.47. The van der Waals surface area contributed by atoms with Crippen LogP contribution in [0.5, 0.6) is 0 Å². The zero-order valence-electron chi connectivity index (χ0n) is 15.4. The smallest absolute Gasteiger partial charge is 0.413 e. The van der Waals surface area contributed by atoms with Crippen molar-refractivity contribution in [2.45, 2.75) is 0 Å². The number of ether oxygens (including phenoxy) is 2. The van der Waals surface area contributed by atoms with Gasteiger partial charge in [0.25, 0.3) is 11.6 Å². The molecule has 2 amide bonds. The lowest BCUT2D eigenvalue weighted by Crippen LogP contribution is -2.28. The molecule has 0 heterocycles. The number of para-hydroxylation sites is 1. The van der Waals surface area contributed by atoms with E-state index in [0.29, 0.717) is 4.47 Å². The van der Waals surface area contributed by atoms with Crippen molar-refractivity contribution in [2.75, 3.05) is 31.0 Å². The molecule has 10 nitrogen and oxygen atoms in total. The molecular formula is C18H16BrN3O7. The zero-order valence-corrected chi connectivity index (χ0v) is 17.0. The molecule has 0 spiro atoms. The summed E-state index contributed by atoms with van der Waals surface area (Å²) in [4.78, 5) is 47.4. The molecule has 2 aromatic rings. The van der Waals surface area contributed by atoms with Gasteiger partial charge < -0.3 is 14.8 Å². The maximum Gasteiger partial charge on any atom is 0.413 e. The van der Waals surface area contributed by atoms with Crippen molar-refractivity contribution < 1.29 is 28.8 Å². The van der Waals surface area contributed by atoms with Crippen molar-refractivity contribution in [3.63, 3.8) is 0 Å². The van der Waals surface area contributed by atoms with Gasteiger partial charge in [0, 0.05) is 23.7 Å². The number of halogens is 1. The molecule has 29 heavy (non-hydrogen) atoms. The van der Waals surface area contributed by atoms with E-state index in [1.54, 1.807) is 12.1 Å². The van der Waals surface area contributed by atoms with Gasteiger partial charge in [0.2, 0.25) is 0 Å². The Bertz CT molecular complexity index is 964. The van der Waals surface area contributed by atoms with Crippen molar-refractivity contribution in [3.05, 3.63) is 62.6 Å². The molecule has 152 valence electrons. The highest BCUT2D eigenvalue weighted by atomic mass is 79.9. The van der Waals surface area contributed by atoms with Crippen LogP contribution in [0, 0.1) is 10.1 Å². The standard InChI is InChI=1S/C18H16BrN3O7/c1-21(18(25)28-2)15-6-4-3-5-12(15)17(24)29-10-16(23)20-14-8-7-11(22(26)27)9-13(14)19/h3-9H,10H2,1-2H3,(H,20,23). The third-order valence-electron chi connectivity index (χ3n) is 3.71. The largest absolute Gasteiger partial charge is 0.452 e. The topological polar surface area (TPSA) is 128 Å². The van der Waals surface area contributed by atoms with Crippen LogP contribution in [0.3, 0.4) is 0 Å². The number of non-ortho nitro benzene ring substituents is 1. The molecule has 0 fully saturated rings. The van der Waals surface area contributed by atoms with E-state index in [0.717, 1.165) is 4.90 Å². The molecule has 0 atom stereocenters. The maximum absolute atomic E-state index is 12.4. The lowest BCUT2D eigenvalue weighted by Gasteiger charge is -2.18. The number of benzene rings is 2. The summed E-state index contributed by atoms with van der Waals surface area (Å²) in [6, 6.07) is 10.0. The monoisotopic (exact) mass is 465 g/mol. The van der Waals surface area contributed by atoms with Gasteiger partial charge in [0.1, 0.15) is 0 Å². The number of rotatable bonds is 6. The molecule has 0 aromatic heterocycles. The van der Waals surface area contributed by atoms with Crippen LogP contribution in [0.2, 0.25) is 0 Å². The van der Waals surface area contributed by atoms with Gasteiger partial charge in [-0.25, -0.2) is 9.59 Å². The minimum atomic E-state index is -0.811. The van der Waals surface area contributed by atoms with Crippen LogP contribution < -0.4 is 10.2 Å². The van der Waals surface area contributed by atoms with Gasteiger partial charge in [-0.05, 0) is 34.1 Å². The normalized spacial score (nSPS) is 10.0. The summed E-state index contributed by atoms with van der Waals surface area (Å²) in [5.41, 5.74) is 0.461. The predicted octanol–water partition coefficient (Wildman–Crippen LogP) is 3.36. The van der Waals surface area contributed by atoms with E-state index in [2.05, 4.69) is 26.0 Å². The fraction of sp³-hybridized carbons (Fsp3) is 0.167. The van der Waals surface area contributed by atoms with E-state index in [1.807, 2.05) is 0 Å². The molecule has 2 rings (SSSR count). The van der Waals surface area contributed by atoms with Crippen molar-refractivity contribution in [3.8, 4) is 0 Å². The molecule has 0 aliphatic heterocycles. The van der Waals surface area contributed by atoms with Gasteiger partial charge in [-0.3, -0.25) is 19.8 Å². The zero-order chi connectivity index (χ0) is 21.6. The minimum absolute atomic E-state index is 0.0738. The Labute approximate surface area is 173 Å². The predicted molar refractivity (Wildman–Crippen MR) is 107 cm³/mol. The van der Waals surface area contributed by atoms with E-state index in [4.69, 9.17) is 4.74 Å². The van der Waals surface area contributed by atoms with Crippen LogP contribution >= 0.6 is 15.9 Å². The van der Waals surface area contributed by atoms with Gasteiger partial charge >= 0.3 is 12.1 Å². The fourth-order valence-electron chi connectivity index (χ4n) is 2.29. The third kappa shape index (κ3) is 5.51. The van der Waals surface area contributed by atoms with Gasteiger partial charge in [-0.1, -0.05) is 12.1 Å². The van der Waals surface area contributed by atoms with Gasteiger partial charge in [0.05, 0.1) is 29.0 Å². The number of nitrogens with zero attached hydrogens (tertiary/aromatic N) is 2. The molecular weight excluding hydrogens is 450 g/mol. The molecule has 0 radical (unpaired) electrons. The van der Waals surface area contributed by atoms with Crippen molar-refractivity contribution >= 4 is 51.0 Å². The van der Waals surface area contributed by atoms with Crippen LogP contribution in [0.1, 0.15) is 10.4 Å². The number of amides is 2. The molecule has 0 aliphatic rings.